The average molecular weight is 408 g/mol. The Labute approximate surface area is 177 Å². The second-order valence-corrected chi connectivity index (χ2v) is 8.84. The fraction of sp³-hybridized carbons (Fsp3) is 0.500. The van der Waals surface area contributed by atoms with Gasteiger partial charge in [-0.3, -0.25) is 14.7 Å². The Morgan fingerprint density at radius 2 is 1.90 bits per heavy atom. The topological polar surface area (TPSA) is 65.9 Å². The van der Waals surface area contributed by atoms with Crippen LogP contribution in [0.2, 0.25) is 0 Å². The van der Waals surface area contributed by atoms with Crippen molar-refractivity contribution >= 4 is 5.91 Å². The minimum atomic E-state index is -0.230. The molecule has 6 nitrogen and oxygen atoms in total. The molecule has 1 spiro atoms. The Morgan fingerprint density at radius 3 is 2.57 bits per heavy atom. The molecule has 158 valence electrons. The lowest BCUT2D eigenvalue weighted by Crippen LogP contribution is -2.85. The summed E-state index contributed by atoms with van der Waals surface area (Å²) in [6.45, 7) is 3.78. The van der Waals surface area contributed by atoms with E-state index in [0.717, 1.165) is 32.5 Å². The number of carbonyl (C=O) groups excluding carboxylic acids is 1. The Kier molecular flexibility index (Phi) is 5.31. The first kappa shape index (κ1) is 19.7. The van der Waals surface area contributed by atoms with Gasteiger partial charge < -0.3 is 14.7 Å². The average Bonchev–Trinajstić information content (AvgIpc) is 2.77. The largest absolute Gasteiger partial charge is 0.394 e. The predicted octanol–water partition coefficient (Wildman–Crippen LogP) is 2.05. The summed E-state index contributed by atoms with van der Waals surface area (Å²) in [6.07, 6.45) is 5.25. The highest BCUT2D eigenvalue weighted by Crippen LogP contribution is 2.54. The van der Waals surface area contributed by atoms with E-state index in [0.29, 0.717) is 13.2 Å². The van der Waals surface area contributed by atoms with Crippen LogP contribution in [0.3, 0.4) is 0 Å². The molecule has 0 radical (unpaired) electrons. The van der Waals surface area contributed by atoms with E-state index in [1.54, 1.807) is 6.20 Å². The van der Waals surface area contributed by atoms with Gasteiger partial charge in [0.25, 0.3) is 0 Å². The van der Waals surface area contributed by atoms with Gasteiger partial charge in [-0.15, -0.1) is 0 Å². The highest BCUT2D eigenvalue weighted by Gasteiger charge is 2.67. The maximum Gasteiger partial charge on any atom is 0.226 e. The molecule has 1 amide bonds. The summed E-state index contributed by atoms with van der Waals surface area (Å²) >= 11 is 0. The van der Waals surface area contributed by atoms with Gasteiger partial charge in [0.15, 0.2) is 0 Å². The molecule has 2 atom stereocenters. The van der Waals surface area contributed by atoms with E-state index in [4.69, 9.17) is 4.74 Å². The number of aliphatic hydroxyl groups is 1. The van der Waals surface area contributed by atoms with Crippen molar-refractivity contribution in [3.63, 3.8) is 0 Å². The highest BCUT2D eigenvalue weighted by atomic mass is 16.5. The Hall–Kier alpha value is -2.28. The molecule has 1 aromatic carbocycles. The smallest absolute Gasteiger partial charge is 0.226 e. The molecule has 0 bridgehead atoms. The lowest BCUT2D eigenvalue weighted by Gasteiger charge is -2.71. The van der Waals surface area contributed by atoms with E-state index in [2.05, 4.69) is 28.1 Å². The van der Waals surface area contributed by atoms with Crippen LogP contribution >= 0.6 is 0 Å². The van der Waals surface area contributed by atoms with Crippen LogP contribution < -0.4 is 0 Å². The lowest BCUT2D eigenvalue weighted by molar-refractivity contribution is -0.206. The third kappa shape index (κ3) is 3.23. The summed E-state index contributed by atoms with van der Waals surface area (Å²) in [6, 6.07) is 14.3. The van der Waals surface area contributed by atoms with Crippen LogP contribution in [0.5, 0.6) is 0 Å². The third-order valence-corrected chi connectivity index (χ3v) is 7.05. The summed E-state index contributed by atoms with van der Waals surface area (Å²) in [4.78, 5) is 22.2. The zero-order valence-corrected chi connectivity index (χ0v) is 17.2. The fourth-order valence-corrected chi connectivity index (χ4v) is 5.75. The van der Waals surface area contributed by atoms with E-state index in [9.17, 15) is 9.90 Å². The molecule has 0 saturated carbocycles. The highest BCUT2D eigenvalue weighted by molar-refractivity contribution is 5.82. The van der Waals surface area contributed by atoms with Gasteiger partial charge in [0.2, 0.25) is 5.91 Å². The summed E-state index contributed by atoms with van der Waals surface area (Å²) in [5.74, 6) is 0.372. The van der Waals surface area contributed by atoms with Gasteiger partial charge in [0.1, 0.15) is 0 Å². The van der Waals surface area contributed by atoms with E-state index in [-0.39, 0.29) is 35.9 Å². The molecule has 0 unspecified atom stereocenters. The number of hydrogen-bond donors (Lipinski definition) is 1. The number of ether oxygens (including phenoxy) is 1. The monoisotopic (exact) mass is 407 g/mol. The van der Waals surface area contributed by atoms with Crippen molar-refractivity contribution in [1.82, 2.24) is 14.8 Å². The van der Waals surface area contributed by atoms with E-state index < -0.39 is 0 Å². The lowest BCUT2D eigenvalue weighted by atomic mass is 9.60. The summed E-state index contributed by atoms with van der Waals surface area (Å²) in [5.41, 5.74) is 2.17. The molecule has 3 aliphatic heterocycles. The fourth-order valence-electron chi connectivity index (χ4n) is 5.75. The number of rotatable bonds is 5. The minimum absolute atomic E-state index is 0.00111. The molecular formula is C24H29N3O3. The standard InChI is InChI=1S/C24H29N3O3/c28-15-21-22(19-6-2-1-3-7-19)24(27(21)23(29)20-8-11-30-12-9-20)16-26(17-24)14-18-5-4-10-25-13-18/h1-7,10,13,20-22,28H,8-9,11-12,14-17H2/t21-,22-/m1/s1. The number of carbonyl (C=O) groups is 1. The molecule has 4 heterocycles. The normalized spacial score (nSPS) is 26.2. The van der Waals surface area contributed by atoms with E-state index in [1.807, 2.05) is 35.4 Å². The third-order valence-electron chi connectivity index (χ3n) is 7.05. The molecule has 3 fully saturated rings. The van der Waals surface area contributed by atoms with Crippen LogP contribution in [0.25, 0.3) is 0 Å². The van der Waals surface area contributed by atoms with Gasteiger partial charge >= 0.3 is 0 Å². The molecule has 3 saturated heterocycles. The van der Waals surface area contributed by atoms with Crippen LogP contribution in [0.1, 0.15) is 29.9 Å². The van der Waals surface area contributed by atoms with Crippen LogP contribution in [0.15, 0.2) is 54.9 Å². The van der Waals surface area contributed by atoms with E-state index in [1.165, 1.54) is 11.1 Å². The van der Waals surface area contributed by atoms with Gasteiger partial charge in [-0.25, -0.2) is 0 Å². The molecular weight excluding hydrogens is 378 g/mol. The Balaban J connectivity index is 1.40. The zero-order valence-electron chi connectivity index (χ0n) is 17.2. The molecule has 6 heteroatoms. The summed E-state index contributed by atoms with van der Waals surface area (Å²) < 4.78 is 5.47. The van der Waals surface area contributed by atoms with Gasteiger partial charge in [0, 0.05) is 57.1 Å². The summed E-state index contributed by atoms with van der Waals surface area (Å²) in [5, 5.41) is 10.2. The number of benzene rings is 1. The van der Waals surface area contributed by atoms with Crippen molar-refractivity contribution in [3.8, 4) is 0 Å². The Bertz CT molecular complexity index is 864. The van der Waals surface area contributed by atoms with Crippen molar-refractivity contribution in [2.45, 2.75) is 36.9 Å². The number of hydrogen-bond acceptors (Lipinski definition) is 5. The van der Waals surface area contributed by atoms with Gasteiger partial charge in [-0.05, 0) is 30.0 Å². The number of aliphatic hydroxyl groups excluding tert-OH is 1. The Morgan fingerprint density at radius 1 is 1.13 bits per heavy atom. The molecule has 1 N–H and O–H groups in total. The van der Waals surface area contributed by atoms with Crippen molar-refractivity contribution in [2.24, 2.45) is 5.92 Å². The van der Waals surface area contributed by atoms with Crippen molar-refractivity contribution in [2.75, 3.05) is 32.9 Å². The van der Waals surface area contributed by atoms with Gasteiger partial charge in [-0.1, -0.05) is 36.4 Å². The number of pyridine rings is 1. The molecule has 30 heavy (non-hydrogen) atoms. The van der Waals surface area contributed by atoms with Crippen molar-refractivity contribution in [3.05, 3.63) is 66.0 Å². The maximum atomic E-state index is 13.5. The van der Waals surface area contributed by atoms with Crippen LogP contribution in [-0.4, -0.2) is 70.3 Å². The molecule has 3 aliphatic rings. The molecule has 5 rings (SSSR count). The van der Waals surface area contributed by atoms with Crippen LogP contribution in [0.4, 0.5) is 0 Å². The zero-order chi connectivity index (χ0) is 20.6. The maximum absolute atomic E-state index is 13.5. The number of aromatic nitrogens is 1. The molecule has 2 aromatic rings. The predicted molar refractivity (Wildman–Crippen MR) is 113 cm³/mol. The quantitative estimate of drug-likeness (QED) is 0.822. The van der Waals surface area contributed by atoms with Gasteiger partial charge in [0.05, 0.1) is 18.2 Å². The van der Waals surface area contributed by atoms with Crippen molar-refractivity contribution < 1.29 is 14.6 Å². The SMILES string of the molecule is O=C(C1CCOCC1)N1[C@H](CO)[C@@H](c2ccccc2)C12CN(Cc1cccnc1)C2. The van der Waals surface area contributed by atoms with E-state index >= 15 is 0 Å². The first-order chi connectivity index (χ1) is 14.7. The van der Waals surface area contributed by atoms with Crippen molar-refractivity contribution in [1.29, 1.82) is 0 Å². The summed E-state index contributed by atoms with van der Waals surface area (Å²) in [7, 11) is 0. The second-order valence-electron chi connectivity index (χ2n) is 8.84. The second kappa shape index (κ2) is 8.10. The molecule has 0 aliphatic carbocycles. The van der Waals surface area contributed by atoms with Crippen LogP contribution in [0, 0.1) is 5.92 Å². The molecule has 1 aromatic heterocycles. The number of nitrogens with zero attached hydrogens (tertiary/aromatic N) is 3. The van der Waals surface area contributed by atoms with Gasteiger partial charge in [-0.2, -0.15) is 0 Å². The minimum Gasteiger partial charge on any atom is -0.394 e. The number of likely N-dealkylation sites (tertiary alicyclic amines) is 2. The number of amides is 1. The van der Waals surface area contributed by atoms with Crippen LogP contribution in [-0.2, 0) is 16.1 Å². The first-order valence-corrected chi connectivity index (χ1v) is 10.9. The first-order valence-electron chi connectivity index (χ1n) is 10.9.